The molecule has 2 amide bonds. The molecular weight excluding hydrogens is 261 g/mol. The molecule has 0 saturated carbocycles. The summed E-state index contributed by atoms with van der Waals surface area (Å²) in [6, 6.07) is -1.98. The molecule has 0 rings (SSSR count). The molecule has 0 saturated heterocycles. The van der Waals surface area contributed by atoms with Crippen LogP contribution in [0.25, 0.3) is 0 Å². The van der Waals surface area contributed by atoms with Gasteiger partial charge in [0.25, 0.3) is 0 Å². The molecular formula is C8H11F3N2O5. The van der Waals surface area contributed by atoms with Crippen LogP contribution in [0, 0.1) is 0 Å². The first-order valence-electron chi connectivity index (χ1n) is 4.50. The zero-order valence-corrected chi connectivity index (χ0v) is 9.45. The van der Waals surface area contributed by atoms with Crippen molar-refractivity contribution >= 4 is 17.8 Å². The summed E-state index contributed by atoms with van der Waals surface area (Å²) in [7, 11) is 2.26. The summed E-state index contributed by atoms with van der Waals surface area (Å²) in [5.41, 5.74) is 0. The van der Waals surface area contributed by atoms with E-state index >= 15 is 0 Å². The van der Waals surface area contributed by atoms with Crippen molar-refractivity contribution in [2.45, 2.75) is 18.6 Å². The van der Waals surface area contributed by atoms with E-state index < -0.39 is 36.4 Å². The quantitative estimate of drug-likeness (QED) is 0.659. The number of hydroxylamine groups is 2. The number of carboxylic acid groups (broad SMARTS) is 1. The van der Waals surface area contributed by atoms with E-state index in [1.165, 1.54) is 5.32 Å². The maximum absolute atomic E-state index is 11.9. The van der Waals surface area contributed by atoms with Gasteiger partial charge in [-0.1, -0.05) is 0 Å². The van der Waals surface area contributed by atoms with Gasteiger partial charge in [0, 0.05) is 7.05 Å². The monoisotopic (exact) mass is 272 g/mol. The van der Waals surface area contributed by atoms with Gasteiger partial charge in [0.2, 0.25) is 5.91 Å². The summed E-state index contributed by atoms with van der Waals surface area (Å²) >= 11 is 0. The Balaban J connectivity index is 4.66. The Kier molecular flexibility index (Phi) is 5.56. The van der Waals surface area contributed by atoms with Gasteiger partial charge in [0.15, 0.2) is 0 Å². The predicted octanol–water partition coefficient (Wildman–Crippen LogP) is -0.472. The third-order valence-corrected chi connectivity index (χ3v) is 1.86. The zero-order valence-electron chi connectivity index (χ0n) is 9.45. The largest absolute Gasteiger partial charge is 0.480 e. The topological polar surface area (TPSA) is 95.9 Å². The Morgan fingerprint density at radius 2 is 1.89 bits per heavy atom. The Labute approximate surface area is 99.4 Å². The number of halogens is 3. The molecule has 0 aliphatic rings. The van der Waals surface area contributed by atoms with Gasteiger partial charge in [-0.15, -0.1) is 0 Å². The van der Waals surface area contributed by atoms with E-state index in [4.69, 9.17) is 5.11 Å². The maximum Gasteiger partial charge on any atom is 0.471 e. The van der Waals surface area contributed by atoms with Crippen LogP contribution in [0.5, 0.6) is 0 Å². The van der Waals surface area contributed by atoms with E-state index in [0.29, 0.717) is 5.06 Å². The van der Waals surface area contributed by atoms with Gasteiger partial charge in [-0.25, -0.2) is 9.86 Å². The first-order chi connectivity index (χ1) is 8.09. The SMILES string of the molecule is CON(C)C(=O)C[C@H](NC(=O)C(F)(F)F)C(=O)O. The smallest absolute Gasteiger partial charge is 0.471 e. The third kappa shape index (κ3) is 4.99. The Hall–Kier alpha value is -1.84. The number of nitrogens with one attached hydrogen (secondary N) is 1. The number of carboxylic acids is 1. The van der Waals surface area contributed by atoms with E-state index in [0.717, 1.165) is 14.2 Å². The molecule has 0 aromatic heterocycles. The number of hydrogen-bond donors (Lipinski definition) is 2. The van der Waals surface area contributed by atoms with Crippen LogP contribution < -0.4 is 5.32 Å². The van der Waals surface area contributed by atoms with Crippen molar-refractivity contribution in [3.8, 4) is 0 Å². The van der Waals surface area contributed by atoms with Crippen LogP contribution in [0.4, 0.5) is 13.2 Å². The second kappa shape index (κ2) is 6.19. The average molecular weight is 272 g/mol. The average Bonchev–Trinajstić information content (AvgIpc) is 2.25. The van der Waals surface area contributed by atoms with Gasteiger partial charge in [-0.2, -0.15) is 13.2 Å². The Bertz CT molecular complexity index is 344. The molecule has 0 bridgehead atoms. The number of amides is 2. The van der Waals surface area contributed by atoms with Gasteiger partial charge < -0.3 is 10.4 Å². The normalized spacial score (nSPS) is 12.7. The predicted molar refractivity (Wildman–Crippen MR) is 50.0 cm³/mol. The summed E-state index contributed by atoms with van der Waals surface area (Å²) in [6.07, 6.45) is -6.08. The fraction of sp³-hybridized carbons (Fsp3) is 0.625. The minimum Gasteiger partial charge on any atom is -0.480 e. The molecule has 18 heavy (non-hydrogen) atoms. The van der Waals surface area contributed by atoms with Crippen molar-refractivity contribution in [2.24, 2.45) is 0 Å². The standard InChI is InChI=1S/C8H11F3N2O5/c1-13(18-2)5(14)3-4(6(15)16)12-7(17)8(9,10)11/h4H,3H2,1-2H3,(H,12,17)(H,15,16)/t4-/m0/s1. The molecule has 0 aliphatic carbocycles. The lowest BCUT2D eigenvalue weighted by Gasteiger charge is -2.18. The highest BCUT2D eigenvalue weighted by molar-refractivity contribution is 5.90. The molecule has 2 N–H and O–H groups in total. The molecule has 0 fully saturated rings. The van der Waals surface area contributed by atoms with Gasteiger partial charge >= 0.3 is 18.1 Å². The van der Waals surface area contributed by atoms with Crippen LogP contribution in [0.2, 0.25) is 0 Å². The zero-order chi connectivity index (χ0) is 14.5. The van der Waals surface area contributed by atoms with Crippen LogP contribution in [-0.4, -0.2) is 54.3 Å². The number of carbonyl (C=O) groups is 3. The van der Waals surface area contributed by atoms with Gasteiger partial charge in [0.05, 0.1) is 13.5 Å². The molecule has 7 nitrogen and oxygen atoms in total. The first kappa shape index (κ1) is 16.2. The van der Waals surface area contributed by atoms with Crippen molar-refractivity contribution in [2.75, 3.05) is 14.2 Å². The van der Waals surface area contributed by atoms with E-state index in [-0.39, 0.29) is 0 Å². The van der Waals surface area contributed by atoms with E-state index in [2.05, 4.69) is 4.84 Å². The van der Waals surface area contributed by atoms with Crippen LogP contribution in [0.15, 0.2) is 0 Å². The molecule has 0 radical (unpaired) electrons. The van der Waals surface area contributed by atoms with Crippen molar-refractivity contribution in [1.82, 2.24) is 10.4 Å². The molecule has 0 unspecified atom stereocenters. The molecule has 104 valence electrons. The number of carbonyl (C=O) groups excluding carboxylic acids is 2. The Morgan fingerprint density at radius 3 is 2.22 bits per heavy atom. The van der Waals surface area contributed by atoms with Crippen molar-refractivity contribution in [3.05, 3.63) is 0 Å². The fourth-order valence-electron chi connectivity index (χ4n) is 0.845. The van der Waals surface area contributed by atoms with Gasteiger partial charge in [-0.05, 0) is 0 Å². The van der Waals surface area contributed by atoms with E-state index in [1.807, 2.05) is 0 Å². The number of hydrogen-bond acceptors (Lipinski definition) is 4. The number of rotatable bonds is 5. The van der Waals surface area contributed by atoms with Crippen molar-refractivity contribution in [3.63, 3.8) is 0 Å². The number of alkyl halides is 3. The van der Waals surface area contributed by atoms with Crippen LogP contribution in [0.3, 0.4) is 0 Å². The molecule has 0 spiro atoms. The van der Waals surface area contributed by atoms with Crippen molar-refractivity contribution < 1.29 is 37.5 Å². The molecule has 0 aromatic carbocycles. The highest BCUT2D eigenvalue weighted by Gasteiger charge is 2.41. The molecule has 0 aliphatic heterocycles. The second-order valence-electron chi connectivity index (χ2n) is 3.14. The Morgan fingerprint density at radius 1 is 1.39 bits per heavy atom. The van der Waals surface area contributed by atoms with Crippen LogP contribution >= 0.6 is 0 Å². The lowest BCUT2D eigenvalue weighted by Crippen LogP contribution is -2.48. The molecule has 1 atom stereocenters. The van der Waals surface area contributed by atoms with Crippen LogP contribution in [0.1, 0.15) is 6.42 Å². The summed E-state index contributed by atoms with van der Waals surface area (Å²) in [5.74, 6) is -5.08. The third-order valence-electron chi connectivity index (χ3n) is 1.86. The summed E-state index contributed by atoms with van der Waals surface area (Å²) < 4.78 is 35.7. The molecule has 10 heteroatoms. The number of aliphatic carboxylic acids is 1. The lowest BCUT2D eigenvalue weighted by molar-refractivity contribution is -0.177. The van der Waals surface area contributed by atoms with Crippen LogP contribution in [-0.2, 0) is 19.2 Å². The highest BCUT2D eigenvalue weighted by Crippen LogP contribution is 2.15. The minimum absolute atomic E-state index is 0.635. The first-order valence-corrected chi connectivity index (χ1v) is 4.50. The lowest BCUT2D eigenvalue weighted by atomic mass is 10.2. The van der Waals surface area contributed by atoms with Gasteiger partial charge in [-0.3, -0.25) is 14.4 Å². The highest BCUT2D eigenvalue weighted by atomic mass is 19.4. The van der Waals surface area contributed by atoms with E-state index in [9.17, 15) is 27.6 Å². The fourth-order valence-corrected chi connectivity index (χ4v) is 0.845. The van der Waals surface area contributed by atoms with Crippen molar-refractivity contribution in [1.29, 1.82) is 0 Å². The minimum atomic E-state index is -5.22. The number of nitrogens with zero attached hydrogens (tertiary/aromatic N) is 1. The summed E-state index contributed by atoms with van der Waals surface area (Å²) in [6.45, 7) is 0. The van der Waals surface area contributed by atoms with Gasteiger partial charge in [0.1, 0.15) is 6.04 Å². The van der Waals surface area contributed by atoms with E-state index in [1.54, 1.807) is 0 Å². The maximum atomic E-state index is 11.9. The molecule has 0 aromatic rings. The summed E-state index contributed by atoms with van der Waals surface area (Å²) in [5, 5.41) is 10.4. The summed E-state index contributed by atoms with van der Waals surface area (Å²) in [4.78, 5) is 36.8. The molecule has 0 heterocycles. The second-order valence-corrected chi connectivity index (χ2v) is 3.14.